The minimum atomic E-state index is 0.124. The van der Waals surface area contributed by atoms with E-state index in [2.05, 4.69) is 57.3 Å². The highest BCUT2D eigenvalue weighted by molar-refractivity contribution is 5.24. The molecule has 16 heavy (non-hydrogen) atoms. The van der Waals surface area contributed by atoms with Gasteiger partial charge in [0.15, 0.2) is 0 Å². The predicted molar refractivity (Wildman–Crippen MR) is 68.7 cm³/mol. The number of rotatable bonds is 4. The molecule has 0 aliphatic heterocycles. The molecule has 0 heterocycles. The topological polar surface area (TPSA) is 21.3 Å². The van der Waals surface area contributed by atoms with Crippen molar-refractivity contribution in [2.75, 3.05) is 13.7 Å². The maximum absolute atomic E-state index is 5.52. The second-order valence-corrected chi connectivity index (χ2v) is 5.27. The summed E-state index contributed by atoms with van der Waals surface area (Å²) in [6.07, 6.45) is 0.124. The Morgan fingerprint density at radius 3 is 2.50 bits per heavy atom. The van der Waals surface area contributed by atoms with E-state index in [0.717, 1.165) is 6.54 Å². The van der Waals surface area contributed by atoms with Crippen LogP contribution in [0, 0.1) is 6.92 Å². The normalized spacial score (nSPS) is 13.8. The van der Waals surface area contributed by atoms with E-state index in [9.17, 15) is 0 Å². The van der Waals surface area contributed by atoms with Gasteiger partial charge in [-0.1, -0.05) is 29.8 Å². The molecule has 0 saturated heterocycles. The molecule has 0 spiro atoms. The van der Waals surface area contributed by atoms with Crippen LogP contribution in [0.25, 0.3) is 0 Å². The van der Waals surface area contributed by atoms with Gasteiger partial charge in [0.05, 0.1) is 6.10 Å². The van der Waals surface area contributed by atoms with Gasteiger partial charge >= 0.3 is 0 Å². The van der Waals surface area contributed by atoms with Gasteiger partial charge in [0, 0.05) is 19.2 Å². The summed E-state index contributed by atoms with van der Waals surface area (Å²) in [5, 5.41) is 3.47. The molecule has 2 heteroatoms. The van der Waals surface area contributed by atoms with Crippen molar-refractivity contribution >= 4 is 0 Å². The SMILES string of the molecule is COC(CNC(C)(C)C)c1cccc(C)c1. The Morgan fingerprint density at radius 2 is 2.00 bits per heavy atom. The lowest BCUT2D eigenvalue weighted by Gasteiger charge is -2.25. The van der Waals surface area contributed by atoms with E-state index in [1.165, 1.54) is 11.1 Å². The fraction of sp³-hybridized carbons (Fsp3) is 0.571. The Morgan fingerprint density at radius 1 is 1.31 bits per heavy atom. The molecule has 1 aromatic carbocycles. The van der Waals surface area contributed by atoms with Crippen LogP contribution in [-0.4, -0.2) is 19.2 Å². The first kappa shape index (κ1) is 13.2. The maximum Gasteiger partial charge on any atom is 0.0945 e. The number of methoxy groups -OCH3 is 1. The summed E-state index contributed by atoms with van der Waals surface area (Å²) in [5.41, 5.74) is 2.63. The van der Waals surface area contributed by atoms with E-state index in [1.54, 1.807) is 7.11 Å². The van der Waals surface area contributed by atoms with Gasteiger partial charge in [-0.25, -0.2) is 0 Å². The van der Waals surface area contributed by atoms with Crippen molar-refractivity contribution in [1.82, 2.24) is 5.32 Å². The van der Waals surface area contributed by atoms with Crippen LogP contribution < -0.4 is 5.32 Å². The minimum absolute atomic E-state index is 0.124. The summed E-state index contributed by atoms with van der Waals surface area (Å²) in [6, 6.07) is 8.48. The van der Waals surface area contributed by atoms with Crippen LogP contribution >= 0.6 is 0 Å². The fourth-order valence-corrected chi connectivity index (χ4v) is 1.61. The predicted octanol–water partition coefficient (Wildman–Crippen LogP) is 3.07. The molecule has 1 N–H and O–H groups in total. The van der Waals surface area contributed by atoms with E-state index in [1.807, 2.05) is 0 Å². The third-order valence-corrected chi connectivity index (χ3v) is 2.52. The molecule has 0 bridgehead atoms. The Kier molecular flexibility index (Phi) is 4.51. The van der Waals surface area contributed by atoms with E-state index in [-0.39, 0.29) is 11.6 Å². The Bertz CT molecular complexity index is 328. The first-order valence-corrected chi connectivity index (χ1v) is 5.77. The van der Waals surface area contributed by atoms with Gasteiger partial charge in [-0.05, 0) is 33.3 Å². The van der Waals surface area contributed by atoms with Gasteiger partial charge in [-0.2, -0.15) is 0 Å². The van der Waals surface area contributed by atoms with Crippen LogP contribution in [-0.2, 0) is 4.74 Å². The zero-order valence-corrected chi connectivity index (χ0v) is 11.0. The molecule has 0 aromatic heterocycles. The zero-order chi connectivity index (χ0) is 12.2. The highest BCUT2D eigenvalue weighted by Gasteiger charge is 2.15. The number of benzene rings is 1. The summed E-state index contributed by atoms with van der Waals surface area (Å²) in [4.78, 5) is 0. The van der Waals surface area contributed by atoms with Gasteiger partial charge in [0.2, 0.25) is 0 Å². The Balaban J connectivity index is 2.68. The molecular formula is C14H23NO. The molecule has 1 rings (SSSR count). The number of aryl methyl sites for hydroxylation is 1. The molecule has 2 nitrogen and oxygen atoms in total. The molecule has 1 aromatic rings. The summed E-state index contributed by atoms with van der Waals surface area (Å²) < 4.78 is 5.52. The van der Waals surface area contributed by atoms with Crippen LogP contribution in [0.2, 0.25) is 0 Å². The quantitative estimate of drug-likeness (QED) is 0.843. The smallest absolute Gasteiger partial charge is 0.0945 e. The Hall–Kier alpha value is -0.860. The van der Waals surface area contributed by atoms with Gasteiger partial charge < -0.3 is 10.1 Å². The molecule has 1 atom stereocenters. The molecule has 0 radical (unpaired) electrons. The third kappa shape index (κ3) is 4.33. The lowest BCUT2D eigenvalue weighted by atomic mass is 10.0. The van der Waals surface area contributed by atoms with Crippen molar-refractivity contribution in [3.8, 4) is 0 Å². The minimum Gasteiger partial charge on any atom is -0.375 e. The maximum atomic E-state index is 5.52. The van der Waals surface area contributed by atoms with Gasteiger partial charge in [0.1, 0.15) is 0 Å². The standard InChI is InChI=1S/C14H23NO/c1-11-7-6-8-12(9-11)13(16-5)10-15-14(2,3)4/h6-9,13,15H,10H2,1-5H3. The van der Waals surface area contributed by atoms with Crippen molar-refractivity contribution in [3.63, 3.8) is 0 Å². The van der Waals surface area contributed by atoms with E-state index >= 15 is 0 Å². The van der Waals surface area contributed by atoms with Crippen molar-refractivity contribution in [1.29, 1.82) is 0 Å². The second kappa shape index (κ2) is 5.46. The molecule has 0 amide bonds. The molecule has 0 aliphatic rings. The summed E-state index contributed by atoms with van der Waals surface area (Å²) in [7, 11) is 1.76. The van der Waals surface area contributed by atoms with Gasteiger partial charge in [-0.3, -0.25) is 0 Å². The monoisotopic (exact) mass is 221 g/mol. The zero-order valence-electron chi connectivity index (χ0n) is 11.0. The van der Waals surface area contributed by atoms with Crippen LogP contribution in [0.15, 0.2) is 24.3 Å². The molecule has 90 valence electrons. The first-order chi connectivity index (χ1) is 7.42. The fourth-order valence-electron chi connectivity index (χ4n) is 1.61. The third-order valence-electron chi connectivity index (χ3n) is 2.52. The average Bonchev–Trinajstić information content (AvgIpc) is 2.17. The van der Waals surface area contributed by atoms with Crippen LogP contribution in [0.5, 0.6) is 0 Å². The molecular weight excluding hydrogens is 198 g/mol. The lowest BCUT2D eigenvalue weighted by molar-refractivity contribution is 0.0959. The number of hydrogen-bond donors (Lipinski definition) is 1. The molecule has 1 unspecified atom stereocenters. The van der Waals surface area contributed by atoms with E-state index < -0.39 is 0 Å². The summed E-state index contributed by atoms with van der Waals surface area (Å²) in [5.74, 6) is 0. The van der Waals surface area contributed by atoms with Crippen molar-refractivity contribution in [2.45, 2.75) is 39.3 Å². The van der Waals surface area contributed by atoms with Crippen molar-refractivity contribution < 1.29 is 4.74 Å². The summed E-state index contributed by atoms with van der Waals surface area (Å²) in [6.45, 7) is 9.43. The average molecular weight is 221 g/mol. The first-order valence-electron chi connectivity index (χ1n) is 5.77. The van der Waals surface area contributed by atoms with E-state index in [4.69, 9.17) is 4.74 Å². The van der Waals surface area contributed by atoms with Crippen molar-refractivity contribution in [2.24, 2.45) is 0 Å². The second-order valence-electron chi connectivity index (χ2n) is 5.27. The van der Waals surface area contributed by atoms with E-state index in [0.29, 0.717) is 0 Å². The highest BCUT2D eigenvalue weighted by Crippen LogP contribution is 2.17. The largest absolute Gasteiger partial charge is 0.375 e. The highest BCUT2D eigenvalue weighted by atomic mass is 16.5. The van der Waals surface area contributed by atoms with Gasteiger partial charge in [0.25, 0.3) is 0 Å². The van der Waals surface area contributed by atoms with Gasteiger partial charge in [-0.15, -0.1) is 0 Å². The number of hydrogen-bond acceptors (Lipinski definition) is 2. The number of ether oxygens (including phenoxy) is 1. The van der Waals surface area contributed by atoms with Crippen LogP contribution in [0.4, 0.5) is 0 Å². The molecule has 0 fully saturated rings. The summed E-state index contributed by atoms with van der Waals surface area (Å²) >= 11 is 0. The number of nitrogens with one attached hydrogen (secondary N) is 1. The van der Waals surface area contributed by atoms with Crippen LogP contribution in [0.1, 0.15) is 38.0 Å². The molecule has 0 aliphatic carbocycles. The lowest BCUT2D eigenvalue weighted by Crippen LogP contribution is -2.38. The molecule has 0 saturated carbocycles. The Labute approximate surface area is 99.0 Å². The van der Waals surface area contributed by atoms with Crippen molar-refractivity contribution in [3.05, 3.63) is 35.4 Å². The van der Waals surface area contributed by atoms with Crippen LogP contribution in [0.3, 0.4) is 0 Å².